The first-order chi connectivity index (χ1) is 16.7. The van der Waals surface area contributed by atoms with Crippen LogP contribution in [0, 0.1) is 5.92 Å². The Hall–Kier alpha value is -3.81. The molecule has 2 atom stereocenters. The summed E-state index contributed by atoms with van der Waals surface area (Å²) in [5.74, 6) is -7.48. The van der Waals surface area contributed by atoms with Crippen molar-refractivity contribution in [1.82, 2.24) is 9.88 Å². The lowest BCUT2D eigenvalue weighted by atomic mass is 9.86. The van der Waals surface area contributed by atoms with Crippen LogP contribution >= 0.6 is 0 Å². The first-order valence-corrected chi connectivity index (χ1v) is 12.5. The van der Waals surface area contributed by atoms with Gasteiger partial charge in [0.2, 0.25) is 15.9 Å². The number of alkyl halides is 2. The first kappa shape index (κ1) is 26.8. The number of carbonyl (C=O) groups excluding carboxylic acids is 3. The zero-order valence-electron chi connectivity index (χ0n) is 19.6. The Bertz CT molecular complexity index is 1290. The molecule has 0 aliphatic carbocycles. The van der Waals surface area contributed by atoms with Gasteiger partial charge in [0, 0.05) is 24.6 Å². The highest BCUT2D eigenvalue weighted by atomic mass is 32.2. The summed E-state index contributed by atoms with van der Waals surface area (Å²) in [6, 6.07) is 5.60. The number of rotatable bonds is 6. The minimum Gasteiger partial charge on any atom is -0.480 e. The number of halogens is 2. The summed E-state index contributed by atoms with van der Waals surface area (Å²) >= 11 is 0. The molecule has 0 saturated carbocycles. The number of primary amides is 1. The molecule has 0 radical (unpaired) electrons. The second kappa shape index (κ2) is 10.0. The second-order valence-electron chi connectivity index (χ2n) is 8.43. The summed E-state index contributed by atoms with van der Waals surface area (Å²) in [5.41, 5.74) is 5.63. The smallest absolute Gasteiger partial charge is 0.313 e. The quantitative estimate of drug-likeness (QED) is 0.484. The number of sulfonamides is 1. The van der Waals surface area contributed by atoms with Crippen molar-refractivity contribution in [3.05, 3.63) is 47.7 Å². The van der Waals surface area contributed by atoms with Gasteiger partial charge >= 0.3 is 11.8 Å². The molecule has 1 fully saturated rings. The van der Waals surface area contributed by atoms with E-state index in [4.69, 9.17) is 10.5 Å². The number of likely N-dealkylation sites (tertiary alicyclic amines) is 1. The highest BCUT2D eigenvalue weighted by molar-refractivity contribution is 7.92. The summed E-state index contributed by atoms with van der Waals surface area (Å²) in [6.45, 7) is 0.876. The molecule has 0 spiro atoms. The fourth-order valence-corrected chi connectivity index (χ4v) is 4.37. The lowest BCUT2D eigenvalue weighted by Crippen LogP contribution is -2.52. The number of nitrogens with zero attached hydrogens (tertiary/aromatic N) is 2. The van der Waals surface area contributed by atoms with Gasteiger partial charge < -0.3 is 20.7 Å². The predicted octanol–water partition coefficient (Wildman–Crippen LogP) is 1.74. The van der Waals surface area contributed by atoms with E-state index in [1.165, 1.54) is 44.4 Å². The zero-order chi connectivity index (χ0) is 26.8. The summed E-state index contributed by atoms with van der Waals surface area (Å²) in [7, 11) is -2.28. The number of hydrogen-bond acceptors (Lipinski definition) is 7. The maximum absolute atomic E-state index is 14.6. The van der Waals surface area contributed by atoms with Crippen LogP contribution in [0.25, 0.3) is 0 Å². The number of carbonyl (C=O) groups is 3. The Labute approximate surface area is 206 Å². The van der Waals surface area contributed by atoms with Crippen molar-refractivity contribution >= 4 is 39.1 Å². The van der Waals surface area contributed by atoms with Gasteiger partial charge in [0.25, 0.3) is 11.8 Å². The van der Waals surface area contributed by atoms with Gasteiger partial charge in [-0.1, -0.05) is 19.1 Å². The van der Waals surface area contributed by atoms with Crippen LogP contribution in [0.4, 0.5) is 20.2 Å². The summed E-state index contributed by atoms with van der Waals surface area (Å²) in [5, 5.41) is 2.31. The topological polar surface area (TPSA) is 161 Å². The van der Waals surface area contributed by atoms with Crippen molar-refractivity contribution in [3.8, 4) is 5.88 Å². The molecular weight excluding hydrogens is 500 g/mol. The van der Waals surface area contributed by atoms with Gasteiger partial charge in [-0.15, -0.1) is 0 Å². The predicted molar refractivity (Wildman–Crippen MR) is 126 cm³/mol. The number of nitrogens with two attached hydrogens (primary N) is 1. The Morgan fingerprint density at radius 3 is 2.39 bits per heavy atom. The summed E-state index contributed by atoms with van der Waals surface area (Å²) in [6.07, 6.45) is 1.38. The Balaban J connectivity index is 1.87. The Morgan fingerprint density at radius 2 is 1.83 bits per heavy atom. The highest BCUT2D eigenvalue weighted by Crippen LogP contribution is 2.43. The Kier molecular flexibility index (Phi) is 7.48. The van der Waals surface area contributed by atoms with Crippen LogP contribution in [0.3, 0.4) is 0 Å². The first-order valence-electron chi connectivity index (χ1n) is 10.6. The third-order valence-electron chi connectivity index (χ3n) is 5.65. The zero-order valence-corrected chi connectivity index (χ0v) is 20.4. The molecule has 1 aliphatic heterocycles. The number of ether oxygens (including phenoxy) is 1. The molecule has 2 aromatic rings. The van der Waals surface area contributed by atoms with Crippen LogP contribution in [0.5, 0.6) is 5.88 Å². The standard InChI is InChI=1S/C22H25F2N5O6S/c1-12-11-29(21(32)19(31)27-15-8-16(18(25)30)20(35-2)26-10-15)17(9-22(12,23)24)13-4-6-14(7-5-13)28-36(3,33)34/h4-8,10,12,17,28H,9,11H2,1-3H3,(H2,25,30)(H,27,31)/t12-,17?/m1/s1. The van der Waals surface area contributed by atoms with Crippen LogP contribution in [0.1, 0.15) is 35.3 Å². The molecule has 1 aliphatic rings. The van der Waals surface area contributed by atoms with Gasteiger partial charge in [-0.3, -0.25) is 19.1 Å². The molecule has 2 heterocycles. The van der Waals surface area contributed by atoms with Crippen LogP contribution in [0.2, 0.25) is 0 Å². The van der Waals surface area contributed by atoms with Gasteiger partial charge in [0.1, 0.15) is 5.56 Å². The number of pyridine rings is 1. The summed E-state index contributed by atoms with van der Waals surface area (Å²) < 4.78 is 59.3. The third-order valence-corrected chi connectivity index (χ3v) is 6.26. The molecule has 1 unspecified atom stereocenters. The van der Waals surface area contributed by atoms with Crippen molar-refractivity contribution in [2.24, 2.45) is 11.7 Å². The third kappa shape index (κ3) is 6.05. The monoisotopic (exact) mass is 525 g/mol. The lowest BCUT2D eigenvalue weighted by molar-refractivity contribution is -0.159. The van der Waals surface area contributed by atoms with Crippen LogP contribution in [0.15, 0.2) is 36.5 Å². The van der Waals surface area contributed by atoms with Crippen LogP contribution in [-0.2, 0) is 19.6 Å². The minimum absolute atomic E-state index is 0.0221. The van der Waals surface area contributed by atoms with E-state index in [0.29, 0.717) is 5.56 Å². The molecule has 14 heteroatoms. The average molecular weight is 526 g/mol. The molecule has 11 nitrogen and oxygen atoms in total. The summed E-state index contributed by atoms with van der Waals surface area (Å²) in [4.78, 5) is 42.3. The van der Waals surface area contributed by atoms with Crippen molar-refractivity contribution in [3.63, 3.8) is 0 Å². The number of amides is 3. The SMILES string of the molecule is COc1ncc(NC(=O)C(=O)N2C[C@@H](C)C(F)(F)CC2c2ccc(NS(C)(=O)=O)cc2)cc1C(N)=O. The van der Waals surface area contributed by atoms with Crippen molar-refractivity contribution < 1.29 is 36.3 Å². The second-order valence-corrected chi connectivity index (χ2v) is 10.2. The van der Waals surface area contributed by atoms with Gasteiger partial charge in [-0.2, -0.15) is 0 Å². The maximum atomic E-state index is 14.6. The molecule has 1 aromatic heterocycles. The van der Waals surface area contributed by atoms with Gasteiger partial charge in [0.15, 0.2) is 0 Å². The van der Waals surface area contributed by atoms with Gasteiger partial charge in [-0.25, -0.2) is 22.2 Å². The number of piperidine rings is 1. The van der Waals surface area contributed by atoms with Crippen LogP contribution < -0.4 is 20.5 Å². The number of aromatic nitrogens is 1. The maximum Gasteiger partial charge on any atom is 0.313 e. The van der Waals surface area contributed by atoms with E-state index in [2.05, 4.69) is 15.0 Å². The molecule has 3 rings (SSSR count). The fourth-order valence-electron chi connectivity index (χ4n) is 3.81. The number of benzene rings is 1. The normalized spacial score (nSPS) is 19.3. The van der Waals surface area contributed by atoms with E-state index in [9.17, 15) is 31.6 Å². The number of methoxy groups -OCH3 is 1. The van der Waals surface area contributed by atoms with E-state index < -0.39 is 58.6 Å². The van der Waals surface area contributed by atoms with Crippen molar-refractivity contribution in [2.75, 3.05) is 29.9 Å². The van der Waals surface area contributed by atoms with Crippen LogP contribution in [-0.4, -0.2) is 61.9 Å². The molecule has 194 valence electrons. The van der Waals surface area contributed by atoms with Gasteiger partial charge in [0.05, 0.1) is 31.3 Å². The highest BCUT2D eigenvalue weighted by Gasteiger charge is 2.48. The van der Waals surface area contributed by atoms with Crippen molar-refractivity contribution in [2.45, 2.75) is 25.3 Å². The van der Waals surface area contributed by atoms with E-state index in [1.54, 1.807) is 0 Å². The average Bonchev–Trinajstić information content (AvgIpc) is 2.79. The molecule has 3 amide bonds. The number of anilines is 2. The minimum atomic E-state index is -3.55. The van der Waals surface area contributed by atoms with Gasteiger partial charge in [-0.05, 0) is 23.8 Å². The Morgan fingerprint density at radius 1 is 1.19 bits per heavy atom. The fraction of sp³-hybridized carbons (Fsp3) is 0.364. The molecule has 1 aromatic carbocycles. The van der Waals surface area contributed by atoms with Crippen molar-refractivity contribution in [1.29, 1.82) is 0 Å². The van der Waals surface area contributed by atoms with E-state index in [1.807, 2.05) is 0 Å². The lowest BCUT2D eigenvalue weighted by Gasteiger charge is -2.42. The van der Waals surface area contributed by atoms with E-state index >= 15 is 0 Å². The molecule has 1 saturated heterocycles. The number of hydrogen-bond donors (Lipinski definition) is 3. The van der Waals surface area contributed by atoms with E-state index in [0.717, 1.165) is 17.4 Å². The molecular formula is C22H25F2N5O6S. The number of nitrogens with one attached hydrogen (secondary N) is 2. The molecule has 4 N–H and O–H groups in total. The van der Waals surface area contributed by atoms with E-state index in [-0.39, 0.29) is 22.8 Å². The largest absolute Gasteiger partial charge is 0.480 e. The molecule has 0 bridgehead atoms. The molecule has 36 heavy (non-hydrogen) atoms.